The maximum Gasteiger partial charge on any atom is 0.156 e. The number of nitrogens with one attached hydrogen (secondary N) is 1. The Hall–Kier alpha value is -2.49. The summed E-state index contributed by atoms with van der Waals surface area (Å²) in [6.45, 7) is 4.16. The van der Waals surface area contributed by atoms with Crippen molar-refractivity contribution in [2.75, 3.05) is 14.1 Å². The van der Waals surface area contributed by atoms with Crippen molar-refractivity contribution < 1.29 is 0 Å². The zero-order valence-corrected chi connectivity index (χ0v) is 13.4. The molecule has 0 atom stereocenters. The number of aromatic amines is 1. The lowest BCUT2D eigenvalue weighted by Crippen LogP contribution is -2.28. The number of hydrogen-bond acceptors (Lipinski definition) is 3. The molecular weight excluding hydrogens is 272 g/mol. The number of nitrogens with zero attached hydrogens (tertiary/aromatic N) is 3. The van der Waals surface area contributed by atoms with Crippen LogP contribution < -0.4 is 16.1 Å². The Kier molecular flexibility index (Phi) is 3.75. The predicted molar refractivity (Wildman–Crippen MR) is 91.3 cm³/mol. The first-order chi connectivity index (χ1) is 10.7. The summed E-state index contributed by atoms with van der Waals surface area (Å²) in [7, 11) is 3.60. The lowest BCUT2D eigenvalue weighted by Gasteiger charge is -2.06. The number of fused-ring (bicyclic) bond motifs is 2. The average Bonchev–Trinajstić information content (AvgIpc) is 2.57. The van der Waals surface area contributed by atoms with Gasteiger partial charge < -0.3 is 4.98 Å². The minimum Gasteiger partial charge on any atom is -0.339 e. The van der Waals surface area contributed by atoms with Crippen molar-refractivity contribution in [3.63, 3.8) is 0 Å². The Labute approximate surface area is 129 Å². The second-order valence-electron chi connectivity index (χ2n) is 5.27. The van der Waals surface area contributed by atoms with Gasteiger partial charge in [0.2, 0.25) is 0 Å². The molecule has 3 rings (SSSR count). The first-order valence-corrected chi connectivity index (χ1v) is 7.52. The first-order valence-electron chi connectivity index (χ1n) is 7.52. The van der Waals surface area contributed by atoms with E-state index in [0.717, 1.165) is 39.0 Å². The van der Waals surface area contributed by atoms with Gasteiger partial charge in [-0.25, -0.2) is 4.98 Å². The van der Waals surface area contributed by atoms with Crippen LogP contribution in [-0.2, 0) is 6.42 Å². The van der Waals surface area contributed by atoms with Crippen molar-refractivity contribution in [1.29, 1.82) is 0 Å². The summed E-state index contributed by atoms with van der Waals surface area (Å²) in [5.41, 5.74) is 3.92. The van der Waals surface area contributed by atoms with E-state index in [1.54, 1.807) is 7.05 Å². The molecule has 0 radical (unpaired) electrons. The number of benzene rings is 1. The second-order valence-corrected chi connectivity index (χ2v) is 5.27. The minimum atomic E-state index is 0.760. The van der Waals surface area contributed by atoms with Crippen LogP contribution >= 0.6 is 0 Å². The quantitative estimate of drug-likeness (QED) is 0.684. The highest BCUT2D eigenvalue weighted by Gasteiger charge is 2.04. The lowest BCUT2D eigenvalue weighted by molar-refractivity contribution is 1.08. The van der Waals surface area contributed by atoms with Gasteiger partial charge in [0.25, 0.3) is 0 Å². The van der Waals surface area contributed by atoms with E-state index in [0.29, 0.717) is 0 Å². The highest BCUT2D eigenvalue weighted by Crippen LogP contribution is 2.16. The van der Waals surface area contributed by atoms with Crippen LogP contribution in [0.15, 0.2) is 34.3 Å². The highest BCUT2D eigenvalue weighted by atomic mass is 14.9. The molecule has 4 heteroatoms. The van der Waals surface area contributed by atoms with Gasteiger partial charge in [-0.15, -0.1) is 0 Å². The zero-order valence-electron chi connectivity index (χ0n) is 13.4. The SMILES string of the molecule is C/C=c1/cc2cc3cc(CC)c(=NC)cc3[nH]c2nc1=NC. The van der Waals surface area contributed by atoms with Gasteiger partial charge in [0.05, 0.1) is 5.36 Å². The standard InChI is InChI=1S/C18H20N4/c1-5-11-7-13-9-14-8-12(6-2)17(20-4)22-18(14)21-16(13)10-15(11)19-3/h6-10H,5H2,1-4H3,(H,20,21,22)/b12-6-,19-15?. The molecule has 0 aliphatic carbocycles. The van der Waals surface area contributed by atoms with Crippen molar-refractivity contribution in [3.05, 3.63) is 45.9 Å². The predicted octanol–water partition coefficient (Wildman–Crippen LogP) is 1.86. The van der Waals surface area contributed by atoms with E-state index in [9.17, 15) is 0 Å². The van der Waals surface area contributed by atoms with Crippen molar-refractivity contribution >= 4 is 28.0 Å². The van der Waals surface area contributed by atoms with Crippen LogP contribution in [0.1, 0.15) is 19.4 Å². The van der Waals surface area contributed by atoms with E-state index in [-0.39, 0.29) is 0 Å². The summed E-state index contributed by atoms with van der Waals surface area (Å²) in [4.78, 5) is 16.7. The number of aryl methyl sites for hydroxylation is 1. The van der Waals surface area contributed by atoms with Crippen molar-refractivity contribution in [2.24, 2.45) is 9.98 Å². The molecule has 1 N–H and O–H groups in total. The average molecular weight is 292 g/mol. The van der Waals surface area contributed by atoms with Crippen molar-refractivity contribution in [3.8, 4) is 0 Å². The van der Waals surface area contributed by atoms with Gasteiger partial charge in [0, 0.05) is 30.2 Å². The number of aromatic nitrogens is 2. The van der Waals surface area contributed by atoms with Gasteiger partial charge in [0.1, 0.15) is 5.65 Å². The molecule has 22 heavy (non-hydrogen) atoms. The maximum atomic E-state index is 4.63. The summed E-state index contributed by atoms with van der Waals surface area (Å²) >= 11 is 0. The van der Waals surface area contributed by atoms with Crippen LogP contribution in [-0.4, -0.2) is 24.1 Å². The molecule has 0 saturated carbocycles. The second kappa shape index (κ2) is 5.72. The normalized spacial score (nSPS) is 14.5. The molecule has 1 aromatic carbocycles. The number of hydrogen-bond donors (Lipinski definition) is 1. The molecule has 4 nitrogen and oxygen atoms in total. The fourth-order valence-electron chi connectivity index (χ4n) is 2.80. The maximum absolute atomic E-state index is 4.63. The largest absolute Gasteiger partial charge is 0.339 e. The van der Waals surface area contributed by atoms with Gasteiger partial charge in [-0.05, 0) is 48.6 Å². The smallest absolute Gasteiger partial charge is 0.156 e. The molecule has 0 fully saturated rings. The molecule has 2 aromatic heterocycles. The van der Waals surface area contributed by atoms with Crippen molar-refractivity contribution in [1.82, 2.24) is 9.97 Å². The molecule has 2 heterocycles. The summed E-state index contributed by atoms with van der Waals surface area (Å²) in [6, 6.07) is 8.61. The Bertz CT molecular complexity index is 1040. The van der Waals surface area contributed by atoms with E-state index in [2.05, 4.69) is 51.1 Å². The number of rotatable bonds is 1. The lowest BCUT2D eigenvalue weighted by atomic mass is 10.1. The molecule has 0 aliphatic rings. The van der Waals surface area contributed by atoms with Gasteiger partial charge in [-0.2, -0.15) is 0 Å². The summed E-state index contributed by atoms with van der Waals surface area (Å²) in [6.07, 6.45) is 3.01. The summed E-state index contributed by atoms with van der Waals surface area (Å²) < 4.78 is 0. The van der Waals surface area contributed by atoms with E-state index in [1.165, 1.54) is 10.9 Å². The Balaban J connectivity index is 2.46. The molecular formula is C18H20N4. The van der Waals surface area contributed by atoms with Crippen LogP contribution in [0.3, 0.4) is 0 Å². The van der Waals surface area contributed by atoms with E-state index >= 15 is 0 Å². The van der Waals surface area contributed by atoms with E-state index in [1.807, 2.05) is 20.0 Å². The fraction of sp³-hybridized carbons (Fsp3) is 0.278. The molecule has 0 amide bonds. The van der Waals surface area contributed by atoms with Crippen LogP contribution in [0.25, 0.3) is 28.0 Å². The molecule has 3 aromatic rings. The first kappa shape index (κ1) is 14.4. The molecule has 0 saturated heterocycles. The Morgan fingerprint density at radius 2 is 1.91 bits per heavy atom. The minimum absolute atomic E-state index is 0.760. The topological polar surface area (TPSA) is 53.4 Å². The fourth-order valence-corrected chi connectivity index (χ4v) is 2.80. The van der Waals surface area contributed by atoms with E-state index < -0.39 is 0 Å². The molecule has 0 bridgehead atoms. The van der Waals surface area contributed by atoms with Crippen LogP contribution in [0, 0.1) is 0 Å². The van der Waals surface area contributed by atoms with Gasteiger partial charge in [0.15, 0.2) is 5.49 Å². The van der Waals surface area contributed by atoms with Gasteiger partial charge in [-0.3, -0.25) is 9.98 Å². The number of pyridine rings is 2. The third-order valence-electron chi connectivity index (χ3n) is 4.02. The van der Waals surface area contributed by atoms with Gasteiger partial charge in [-0.1, -0.05) is 13.0 Å². The highest BCUT2D eigenvalue weighted by molar-refractivity contribution is 5.91. The van der Waals surface area contributed by atoms with Crippen LogP contribution in [0.2, 0.25) is 0 Å². The zero-order chi connectivity index (χ0) is 15.7. The molecule has 0 spiro atoms. The summed E-state index contributed by atoms with van der Waals surface area (Å²) in [5, 5.41) is 4.36. The molecule has 0 aliphatic heterocycles. The van der Waals surface area contributed by atoms with Crippen LogP contribution in [0.4, 0.5) is 0 Å². The summed E-state index contributed by atoms with van der Waals surface area (Å²) in [5.74, 6) is 0. The molecule has 0 unspecified atom stereocenters. The van der Waals surface area contributed by atoms with E-state index in [4.69, 9.17) is 0 Å². The molecule has 112 valence electrons. The van der Waals surface area contributed by atoms with Gasteiger partial charge >= 0.3 is 0 Å². The van der Waals surface area contributed by atoms with Crippen molar-refractivity contribution in [2.45, 2.75) is 20.3 Å². The third kappa shape index (κ3) is 2.30. The number of H-pyrrole nitrogens is 1. The Morgan fingerprint density at radius 1 is 1.09 bits per heavy atom. The third-order valence-corrected chi connectivity index (χ3v) is 4.02. The van der Waals surface area contributed by atoms with Crippen LogP contribution in [0.5, 0.6) is 0 Å². The Morgan fingerprint density at radius 3 is 2.55 bits per heavy atom. The monoisotopic (exact) mass is 292 g/mol.